The average Bonchev–Trinajstić information content (AvgIpc) is 3.41. The minimum absolute atomic E-state index is 0.0297. The first-order valence-electron chi connectivity index (χ1n) is 9.59. The lowest BCUT2D eigenvalue weighted by Gasteiger charge is -2.06. The normalized spacial score (nSPS) is 10.9. The maximum atomic E-state index is 12.8. The van der Waals surface area contributed by atoms with Crippen LogP contribution in [0, 0.1) is 10.1 Å². The number of nitro benzene ring substituents is 1. The Morgan fingerprint density at radius 2 is 1.21 bits per heavy atom. The van der Waals surface area contributed by atoms with Crippen LogP contribution in [-0.4, -0.2) is 26.7 Å². The van der Waals surface area contributed by atoms with Gasteiger partial charge in [-0.15, -0.1) is 0 Å². The van der Waals surface area contributed by atoms with Crippen molar-refractivity contribution in [3.05, 3.63) is 88.0 Å². The van der Waals surface area contributed by atoms with Crippen LogP contribution in [0.15, 0.2) is 66.7 Å². The standard InChI is InChI=1S/C22H13N5O4S2/c28-19(25-21-23-15-5-1-3-7-17(15)32-21)12-9-13(11-14(10-12)27(30)31)20(29)26-22-24-16-6-2-4-8-18(16)33-22/h1-11H,(H,23,25,28)(H,24,26,29). The highest BCUT2D eigenvalue weighted by molar-refractivity contribution is 7.22. The molecule has 2 N–H and O–H groups in total. The molecule has 0 fully saturated rings. The third-order valence-corrected chi connectivity index (χ3v) is 6.59. The number of nitrogens with zero attached hydrogens (tertiary/aromatic N) is 3. The third-order valence-electron chi connectivity index (χ3n) is 4.68. The summed E-state index contributed by atoms with van der Waals surface area (Å²) < 4.78 is 1.78. The molecule has 2 heterocycles. The molecule has 0 aliphatic carbocycles. The quantitative estimate of drug-likeness (QED) is 0.262. The lowest BCUT2D eigenvalue weighted by Crippen LogP contribution is -2.16. The van der Waals surface area contributed by atoms with Gasteiger partial charge >= 0.3 is 0 Å². The number of carbonyl (C=O) groups is 2. The molecule has 3 aromatic carbocycles. The third kappa shape index (κ3) is 4.27. The summed E-state index contributed by atoms with van der Waals surface area (Å²) in [5.74, 6) is -1.21. The Morgan fingerprint density at radius 3 is 1.64 bits per heavy atom. The smallest absolute Gasteiger partial charge is 0.271 e. The van der Waals surface area contributed by atoms with Crippen molar-refractivity contribution in [2.75, 3.05) is 10.6 Å². The fraction of sp³-hybridized carbons (Fsp3) is 0. The van der Waals surface area contributed by atoms with Crippen molar-refractivity contribution < 1.29 is 14.5 Å². The zero-order chi connectivity index (χ0) is 22.9. The molecule has 0 spiro atoms. The molecule has 0 radical (unpaired) electrons. The van der Waals surface area contributed by atoms with Crippen LogP contribution in [0.1, 0.15) is 20.7 Å². The van der Waals surface area contributed by atoms with Gasteiger partial charge in [-0.2, -0.15) is 0 Å². The minimum atomic E-state index is -0.650. The van der Waals surface area contributed by atoms with Crippen molar-refractivity contribution in [1.82, 2.24) is 9.97 Å². The van der Waals surface area contributed by atoms with Gasteiger partial charge in [0.15, 0.2) is 10.3 Å². The number of anilines is 2. The topological polar surface area (TPSA) is 127 Å². The van der Waals surface area contributed by atoms with Gasteiger partial charge in [-0.1, -0.05) is 46.9 Å². The van der Waals surface area contributed by atoms with E-state index in [9.17, 15) is 19.7 Å². The Kier molecular flexibility index (Phi) is 5.24. The van der Waals surface area contributed by atoms with Crippen molar-refractivity contribution in [3.63, 3.8) is 0 Å². The second kappa shape index (κ2) is 8.37. The Morgan fingerprint density at radius 1 is 0.758 bits per heavy atom. The van der Waals surface area contributed by atoms with Gasteiger partial charge in [0, 0.05) is 23.3 Å². The number of benzene rings is 3. The summed E-state index contributed by atoms with van der Waals surface area (Å²) in [6.07, 6.45) is 0. The van der Waals surface area contributed by atoms with Crippen molar-refractivity contribution in [2.45, 2.75) is 0 Å². The zero-order valence-electron chi connectivity index (χ0n) is 16.6. The van der Waals surface area contributed by atoms with E-state index in [2.05, 4.69) is 20.6 Å². The van der Waals surface area contributed by atoms with Crippen molar-refractivity contribution >= 4 is 70.9 Å². The van der Waals surface area contributed by atoms with E-state index in [1.807, 2.05) is 48.5 Å². The fourth-order valence-electron chi connectivity index (χ4n) is 3.17. The van der Waals surface area contributed by atoms with Crippen LogP contribution >= 0.6 is 22.7 Å². The van der Waals surface area contributed by atoms with E-state index in [4.69, 9.17) is 0 Å². The molecule has 0 aliphatic heterocycles. The first-order chi connectivity index (χ1) is 16.0. The molecule has 0 saturated heterocycles. The molecule has 5 aromatic rings. The van der Waals surface area contributed by atoms with Gasteiger partial charge in [-0.3, -0.25) is 30.3 Å². The summed E-state index contributed by atoms with van der Waals surface area (Å²) in [6, 6.07) is 18.3. The summed E-state index contributed by atoms with van der Waals surface area (Å²) in [5, 5.41) is 17.4. The van der Waals surface area contributed by atoms with E-state index in [1.54, 1.807) is 0 Å². The number of hydrogen-bond donors (Lipinski definition) is 2. The minimum Gasteiger partial charge on any atom is -0.298 e. The predicted molar refractivity (Wildman–Crippen MR) is 128 cm³/mol. The SMILES string of the molecule is O=C(Nc1nc2ccccc2s1)c1cc(C(=O)Nc2nc3ccccc3s2)cc([N+](=O)[O-])c1. The predicted octanol–water partition coefficient (Wildman–Crippen LogP) is 5.32. The summed E-state index contributed by atoms with van der Waals surface area (Å²) in [5.41, 5.74) is 1.03. The highest BCUT2D eigenvalue weighted by Crippen LogP contribution is 2.28. The Bertz CT molecular complexity index is 1390. The van der Waals surface area contributed by atoms with Gasteiger partial charge < -0.3 is 0 Å². The number of rotatable bonds is 5. The molecule has 0 saturated carbocycles. The summed E-state index contributed by atoms with van der Waals surface area (Å²) in [4.78, 5) is 45.1. The molecule has 162 valence electrons. The van der Waals surface area contributed by atoms with E-state index in [0.717, 1.165) is 32.6 Å². The largest absolute Gasteiger partial charge is 0.298 e. The van der Waals surface area contributed by atoms with Gasteiger partial charge in [0.05, 0.1) is 25.4 Å². The number of nitrogens with one attached hydrogen (secondary N) is 2. The maximum absolute atomic E-state index is 12.8. The number of carbonyl (C=O) groups excluding carboxylic acids is 2. The van der Waals surface area contributed by atoms with Crippen LogP contribution in [0.2, 0.25) is 0 Å². The maximum Gasteiger partial charge on any atom is 0.271 e. The number of thiazole rings is 2. The molecule has 0 aliphatic rings. The van der Waals surface area contributed by atoms with E-state index in [1.165, 1.54) is 28.7 Å². The highest BCUT2D eigenvalue weighted by Gasteiger charge is 2.20. The number of nitro groups is 1. The number of hydrogen-bond acceptors (Lipinski definition) is 8. The van der Waals surface area contributed by atoms with Crippen molar-refractivity contribution in [1.29, 1.82) is 0 Å². The van der Waals surface area contributed by atoms with Gasteiger partial charge in [-0.05, 0) is 30.3 Å². The molecular weight excluding hydrogens is 462 g/mol. The van der Waals surface area contributed by atoms with Crippen LogP contribution < -0.4 is 10.6 Å². The van der Waals surface area contributed by atoms with Crippen LogP contribution in [0.5, 0.6) is 0 Å². The Balaban J connectivity index is 1.42. The molecule has 0 unspecified atom stereocenters. The van der Waals surface area contributed by atoms with Gasteiger partial charge in [0.2, 0.25) is 0 Å². The molecule has 2 amide bonds. The summed E-state index contributed by atoms with van der Waals surface area (Å²) >= 11 is 2.56. The molecule has 9 nitrogen and oxygen atoms in total. The molecular formula is C22H13N5O4S2. The molecule has 33 heavy (non-hydrogen) atoms. The van der Waals surface area contributed by atoms with Gasteiger partial charge in [0.25, 0.3) is 17.5 Å². The summed E-state index contributed by atoms with van der Waals surface area (Å²) in [6.45, 7) is 0. The lowest BCUT2D eigenvalue weighted by atomic mass is 10.1. The Labute approximate surface area is 193 Å². The molecule has 0 bridgehead atoms. The van der Waals surface area contributed by atoms with E-state index in [-0.39, 0.29) is 16.8 Å². The van der Waals surface area contributed by atoms with Crippen LogP contribution in [0.4, 0.5) is 16.0 Å². The first-order valence-corrected chi connectivity index (χ1v) is 11.2. The number of non-ortho nitro benzene ring substituents is 1. The van der Waals surface area contributed by atoms with Gasteiger partial charge in [0.1, 0.15) is 0 Å². The van der Waals surface area contributed by atoms with Crippen molar-refractivity contribution in [3.8, 4) is 0 Å². The number of aromatic nitrogens is 2. The number of amides is 2. The molecule has 5 rings (SSSR count). The van der Waals surface area contributed by atoms with Crippen LogP contribution in [0.25, 0.3) is 20.4 Å². The monoisotopic (exact) mass is 475 g/mol. The van der Waals surface area contributed by atoms with E-state index in [0.29, 0.717) is 10.3 Å². The van der Waals surface area contributed by atoms with Crippen LogP contribution in [0.3, 0.4) is 0 Å². The van der Waals surface area contributed by atoms with Crippen molar-refractivity contribution in [2.24, 2.45) is 0 Å². The second-order valence-corrected chi connectivity index (χ2v) is 8.97. The fourth-order valence-corrected chi connectivity index (χ4v) is 4.89. The number of fused-ring (bicyclic) bond motifs is 2. The number of para-hydroxylation sites is 2. The Hall–Kier alpha value is -4.22. The second-order valence-electron chi connectivity index (χ2n) is 6.91. The van der Waals surface area contributed by atoms with Gasteiger partial charge in [-0.25, -0.2) is 9.97 Å². The molecule has 2 aromatic heterocycles. The lowest BCUT2D eigenvalue weighted by molar-refractivity contribution is -0.384. The van der Waals surface area contributed by atoms with E-state index < -0.39 is 16.7 Å². The first kappa shape index (κ1) is 20.7. The molecule has 0 atom stereocenters. The average molecular weight is 476 g/mol. The highest BCUT2D eigenvalue weighted by atomic mass is 32.1. The van der Waals surface area contributed by atoms with E-state index >= 15 is 0 Å². The zero-order valence-corrected chi connectivity index (χ0v) is 18.3. The summed E-state index contributed by atoms with van der Waals surface area (Å²) in [7, 11) is 0. The molecule has 11 heteroatoms. The van der Waals surface area contributed by atoms with Crippen LogP contribution in [-0.2, 0) is 0 Å².